The van der Waals surface area contributed by atoms with Gasteiger partial charge in [0, 0.05) is 31.0 Å². The van der Waals surface area contributed by atoms with Crippen molar-refractivity contribution in [3.63, 3.8) is 0 Å². The van der Waals surface area contributed by atoms with Crippen LogP contribution in [0.2, 0.25) is 0 Å². The molecule has 0 aromatic heterocycles. The van der Waals surface area contributed by atoms with Gasteiger partial charge in [-0.15, -0.1) is 0 Å². The molecule has 0 bridgehead atoms. The van der Waals surface area contributed by atoms with Crippen LogP contribution in [0, 0.1) is 5.92 Å². The summed E-state index contributed by atoms with van der Waals surface area (Å²) in [5, 5.41) is 3.54. The molecule has 0 radical (unpaired) electrons. The summed E-state index contributed by atoms with van der Waals surface area (Å²) in [6.45, 7) is 7.53. The number of nitrogens with one attached hydrogen (secondary N) is 1. The Morgan fingerprint density at radius 1 is 1.15 bits per heavy atom. The number of likely N-dealkylation sites (N-methyl/N-ethyl adjacent to an activating group) is 1. The molecule has 4 atom stereocenters. The fraction of sp³-hybridized carbons (Fsp3) is 1.00. The predicted molar refractivity (Wildman–Crippen MR) is 79.7 cm³/mol. The van der Waals surface area contributed by atoms with Crippen LogP contribution in [0.15, 0.2) is 0 Å². The average molecular weight is 282 g/mol. The second-order valence-corrected chi connectivity index (χ2v) is 7.03. The van der Waals surface area contributed by atoms with Crippen LogP contribution in [0.5, 0.6) is 0 Å². The van der Waals surface area contributed by atoms with E-state index in [2.05, 4.69) is 31.1 Å². The quantitative estimate of drug-likeness (QED) is 0.840. The minimum atomic E-state index is -0.277. The Labute approximate surface area is 123 Å². The van der Waals surface area contributed by atoms with Crippen molar-refractivity contribution in [1.29, 1.82) is 0 Å². The van der Waals surface area contributed by atoms with Crippen molar-refractivity contribution >= 4 is 0 Å². The molecular formula is C16H30N2O2. The molecule has 1 saturated carbocycles. The monoisotopic (exact) mass is 282 g/mol. The Kier molecular flexibility index (Phi) is 4.37. The fourth-order valence-electron chi connectivity index (χ4n) is 4.49. The van der Waals surface area contributed by atoms with Gasteiger partial charge in [0.2, 0.25) is 0 Å². The topological polar surface area (TPSA) is 33.7 Å². The van der Waals surface area contributed by atoms with Crippen molar-refractivity contribution in [1.82, 2.24) is 10.2 Å². The maximum absolute atomic E-state index is 5.97. The molecule has 1 spiro atoms. The maximum Gasteiger partial charge on any atom is 0.170 e. The number of hydrogen-bond acceptors (Lipinski definition) is 4. The molecule has 4 nitrogen and oxygen atoms in total. The Bertz CT molecular complexity index is 330. The smallest absolute Gasteiger partial charge is 0.170 e. The van der Waals surface area contributed by atoms with Gasteiger partial charge in [-0.2, -0.15) is 0 Å². The highest BCUT2D eigenvalue weighted by Gasteiger charge is 2.47. The van der Waals surface area contributed by atoms with Gasteiger partial charge in [0.05, 0.1) is 13.2 Å². The maximum atomic E-state index is 5.97. The number of likely N-dealkylation sites (tertiary alicyclic amines) is 1. The molecule has 3 rings (SSSR count). The molecule has 2 heterocycles. The van der Waals surface area contributed by atoms with Gasteiger partial charge in [0.25, 0.3) is 0 Å². The SMILES string of the molecule is CNC1CCC2(CC1N1CCC(C)CC1C)OCCO2. The first-order valence-corrected chi connectivity index (χ1v) is 8.34. The van der Waals surface area contributed by atoms with Crippen LogP contribution in [0.3, 0.4) is 0 Å². The van der Waals surface area contributed by atoms with Gasteiger partial charge < -0.3 is 14.8 Å². The van der Waals surface area contributed by atoms with Crippen LogP contribution >= 0.6 is 0 Å². The van der Waals surface area contributed by atoms with E-state index >= 15 is 0 Å². The van der Waals surface area contributed by atoms with Gasteiger partial charge in [-0.1, -0.05) is 6.92 Å². The van der Waals surface area contributed by atoms with Gasteiger partial charge in [-0.25, -0.2) is 0 Å². The summed E-state index contributed by atoms with van der Waals surface area (Å²) in [6.07, 6.45) is 5.86. The molecule has 2 saturated heterocycles. The first kappa shape index (κ1) is 14.8. The normalized spacial score (nSPS) is 42.1. The lowest BCUT2D eigenvalue weighted by molar-refractivity contribution is -0.196. The molecule has 4 unspecified atom stereocenters. The van der Waals surface area contributed by atoms with Crippen LogP contribution in [-0.4, -0.2) is 55.6 Å². The molecule has 0 aromatic carbocycles. The van der Waals surface area contributed by atoms with Crippen LogP contribution in [0.1, 0.15) is 46.0 Å². The fourth-order valence-corrected chi connectivity index (χ4v) is 4.49. The average Bonchev–Trinajstić information content (AvgIpc) is 2.87. The summed E-state index contributed by atoms with van der Waals surface area (Å²) in [5.74, 6) is 0.590. The van der Waals surface area contributed by atoms with E-state index in [1.54, 1.807) is 0 Å². The zero-order valence-corrected chi connectivity index (χ0v) is 13.2. The molecular weight excluding hydrogens is 252 g/mol. The lowest BCUT2D eigenvalue weighted by Gasteiger charge is -2.50. The van der Waals surface area contributed by atoms with Crippen LogP contribution in [0.25, 0.3) is 0 Å². The Morgan fingerprint density at radius 2 is 1.90 bits per heavy atom. The van der Waals surface area contributed by atoms with Crippen molar-refractivity contribution in [2.75, 3.05) is 26.8 Å². The minimum absolute atomic E-state index is 0.277. The Morgan fingerprint density at radius 3 is 2.55 bits per heavy atom. The molecule has 20 heavy (non-hydrogen) atoms. The second-order valence-electron chi connectivity index (χ2n) is 7.03. The Hall–Kier alpha value is -0.160. The zero-order chi connectivity index (χ0) is 14.2. The highest BCUT2D eigenvalue weighted by Crippen LogP contribution is 2.39. The molecule has 0 amide bonds. The van der Waals surface area contributed by atoms with E-state index in [4.69, 9.17) is 9.47 Å². The standard InChI is InChI=1S/C16H30N2O2/c1-12-5-7-18(13(2)10-12)15-11-16(19-8-9-20-16)6-4-14(15)17-3/h12-15,17H,4-11H2,1-3H3. The van der Waals surface area contributed by atoms with E-state index in [1.807, 2.05) is 0 Å². The molecule has 116 valence electrons. The Balaban J connectivity index is 1.73. The lowest BCUT2D eigenvalue weighted by atomic mass is 9.82. The lowest BCUT2D eigenvalue weighted by Crippen LogP contribution is -2.60. The summed E-state index contributed by atoms with van der Waals surface area (Å²) in [5.41, 5.74) is 0. The van der Waals surface area contributed by atoms with E-state index < -0.39 is 0 Å². The molecule has 1 aliphatic carbocycles. The van der Waals surface area contributed by atoms with Gasteiger partial charge in [0.15, 0.2) is 5.79 Å². The molecule has 3 fully saturated rings. The third-order valence-corrected chi connectivity index (χ3v) is 5.62. The molecule has 2 aliphatic heterocycles. The largest absolute Gasteiger partial charge is 0.347 e. The predicted octanol–water partition coefficient (Wildman–Crippen LogP) is 1.99. The molecule has 1 N–H and O–H groups in total. The van der Waals surface area contributed by atoms with Gasteiger partial charge in [-0.3, -0.25) is 4.90 Å². The second kappa shape index (κ2) is 5.91. The highest BCUT2D eigenvalue weighted by molar-refractivity contribution is 4.98. The van der Waals surface area contributed by atoms with Crippen molar-refractivity contribution in [3.05, 3.63) is 0 Å². The first-order chi connectivity index (χ1) is 9.63. The van der Waals surface area contributed by atoms with Gasteiger partial charge in [-0.05, 0) is 45.7 Å². The summed E-state index contributed by atoms with van der Waals surface area (Å²) >= 11 is 0. The third kappa shape index (κ3) is 2.76. The number of piperidine rings is 1. The summed E-state index contributed by atoms with van der Waals surface area (Å²) in [6, 6.07) is 1.80. The highest BCUT2D eigenvalue weighted by atomic mass is 16.7. The number of nitrogens with zero attached hydrogens (tertiary/aromatic N) is 1. The number of rotatable bonds is 2. The molecule has 3 aliphatic rings. The number of ether oxygens (including phenoxy) is 2. The summed E-state index contributed by atoms with van der Waals surface area (Å²) < 4.78 is 11.9. The first-order valence-electron chi connectivity index (χ1n) is 8.34. The van der Waals surface area contributed by atoms with Crippen LogP contribution in [0.4, 0.5) is 0 Å². The van der Waals surface area contributed by atoms with Crippen molar-refractivity contribution in [2.24, 2.45) is 5.92 Å². The van der Waals surface area contributed by atoms with Crippen molar-refractivity contribution < 1.29 is 9.47 Å². The van der Waals surface area contributed by atoms with Gasteiger partial charge in [0.1, 0.15) is 0 Å². The van der Waals surface area contributed by atoms with E-state index in [1.165, 1.54) is 19.4 Å². The van der Waals surface area contributed by atoms with Crippen molar-refractivity contribution in [3.8, 4) is 0 Å². The third-order valence-electron chi connectivity index (χ3n) is 5.62. The van der Waals surface area contributed by atoms with E-state index in [-0.39, 0.29) is 5.79 Å². The summed E-state index contributed by atoms with van der Waals surface area (Å²) in [4.78, 5) is 2.72. The van der Waals surface area contributed by atoms with Gasteiger partial charge >= 0.3 is 0 Å². The van der Waals surface area contributed by atoms with E-state index in [0.29, 0.717) is 18.1 Å². The van der Waals surface area contributed by atoms with Crippen LogP contribution < -0.4 is 5.32 Å². The molecule has 0 aromatic rings. The number of hydrogen-bond donors (Lipinski definition) is 1. The van der Waals surface area contributed by atoms with E-state index in [0.717, 1.165) is 38.4 Å². The molecule has 4 heteroatoms. The van der Waals surface area contributed by atoms with E-state index in [9.17, 15) is 0 Å². The summed E-state index contributed by atoms with van der Waals surface area (Å²) in [7, 11) is 2.10. The minimum Gasteiger partial charge on any atom is -0.347 e. The van der Waals surface area contributed by atoms with Crippen molar-refractivity contribution in [2.45, 2.75) is 69.9 Å². The van der Waals surface area contributed by atoms with Crippen LogP contribution in [-0.2, 0) is 9.47 Å². The zero-order valence-electron chi connectivity index (χ0n) is 13.2.